The highest BCUT2D eigenvalue weighted by Gasteiger charge is 2.33. The van der Waals surface area contributed by atoms with Gasteiger partial charge in [0, 0.05) is 12.6 Å². The summed E-state index contributed by atoms with van der Waals surface area (Å²) < 4.78 is 5.91. The molecule has 0 amide bonds. The molecule has 1 saturated carbocycles. The molecule has 100 valence electrons. The van der Waals surface area contributed by atoms with Crippen LogP contribution in [0.25, 0.3) is 0 Å². The van der Waals surface area contributed by atoms with Crippen molar-refractivity contribution in [3.05, 3.63) is 0 Å². The zero-order valence-corrected chi connectivity index (χ0v) is 11.2. The summed E-state index contributed by atoms with van der Waals surface area (Å²) in [6.45, 7) is 6.37. The van der Waals surface area contributed by atoms with E-state index in [9.17, 15) is 0 Å². The van der Waals surface area contributed by atoms with E-state index in [0.29, 0.717) is 18.1 Å². The Morgan fingerprint density at radius 1 is 1.35 bits per heavy atom. The molecule has 0 radical (unpaired) electrons. The quantitative estimate of drug-likeness (QED) is 0.799. The van der Waals surface area contributed by atoms with Gasteiger partial charge < -0.3 is 10.5 Å². The van der Waals surface area contributed by atoms with E-state index in [2.05, 4.69) is 11.8 Å². The second kappa shape index (κ2) is 6.72. The maximum Gasteiger partial charge on any atom is 0.0730 e. The van der Waals surface area contributed by atoms with Crippen molar-refractivity contribution in [1.29, 1.82) is 0 Å². The Kier molecular flexibility index (Phi) is 5.26. The lowest BCUT2D eigenvalue weighted by atomic mass is 9.89. The SMILES string of the molecule is CCC(CN)CCN1CCOC2CCCCC21. The van der Waals surface area contributed by atoms with Crippen LogP contribution >= 0.6 is 0 Å². The lowest BCUT2D eigenvalue weighted by Gasteiger charge is -2.44. The van der Waals surface area contributed by atoms with Crippen molar-refractivity contribution in [1.82, 2.24) is 4.90 Å². The molecule has 1 saturated heterocycles. The van der Waals surface area contributed by atoms with E-state index in [1.54, 1.807) is 0 Å². The molecule has 0 spiro atoms. The zero-order chi connectivity index (χ0) is 12.1. The van der Waals surface area contributed by atoms with Gasteiger partial charge in [-0.15, -0.1) is 0 Å². The van der Waals surface area contributed by atoms with Crippen LogP contribution in [0.4, 0.5) is 0 Å². The molecule has 2 aliphatic rings. The van der Waals surface area contributed by atoms with Gasteiger partial charge in [0.1, 0.15) is 0 Å². The van der Waals surface area contributed by atoms with E-state index in [1.807, 2.05) is 0 Å². The fourth-order valence-corrected chi connectivity index (χ4v) is 3.29. The fourth-order valence-electron chi connectivity index (χ4n) is 3.29. The van der Waals surface area contributed by atoms with Gasteiger partial charge >= 0.3 is 0 Å². The molecule has 2 rings (SSSR count). The normalized spacial score (nSPS) is 32.1. The van der Waals surface area contributed by atoms with E-state index < -0.39 is 0 Å². The maximum absolute atomic E-state index is 5.91. The number of rotatable bonds is 5. The molecule has 0 aromatic heterocycles. The van der Waals surface area contributed by atoms with Crippen LogP contribution in [0.3, 0.4) is 0 Å². The summed E-state index contributed by atoms with van der Waals surface area (Å²) in [4.78, 5) is 2.67. The van der Waals surface area contributed by atoms with Crippen molar-refractivity contribution in [2.75, 3.05) is 26.2 Å². The Hall–Kier alpha value is -0.120. The van der Waals surface area contributed by atoms with Gasteiger partial charge in [-0.25, -0.2) is 0 Å². The van der Waals surface area contributed by atoms with Crippen LogP contribution in [0.15, 0.2) is 0 Å². The third kappa shape index (κ3) is 3.43. The Balaban J connectivity index is 1.82. The molecule has 1 heterocycles. The van der Waals surface area contributed by atoms with Crippen molar-refractivity contribution in [3.63, 3.8) is 0 Å². The summed E-state index contributed by atoms with van der Waals surface area (Å²) in [6.07, 6.45) is 8.35. The highest BCUT2D eigenvalue weighted by Crippen LogP contribution is 2.28. The molecule has 2 fully saturated rings. The number of hydrogen-bond donors (Lipinski definition) is 1. The van der Waals surface area contributed by atoms with Crippen molar-refractivity contribution in [3.8, 4) is 0 Å². The van der Waals surface area contributed by atoms with Crippen LogP contribution in [0.2, 0.25) is 0 Å². The average Bonchev–Trinajstić information content (AvgIpc) is 2.40. The van der Waals surface area contributed by atoms with Crippen LogP contribution in [0.5, 0.6) is 0 Å². The standard InChI is InChI=1S/C14H28N2O/c1-2-12(11-15)7-8-16-9-10-17-14-6-4-3-5-13(14)16/h12-14H,2-11,15H2,1H3. The smallest absolute Gasteiger partial charge is 0.0730 e. The van der Waals surface area contributed by atoms with Crippen molar-refractivity contribution >= 4 is 0 Å². The first-order valence-corrected chi connectivity index (χ1v) is 7.40. The predicted octanol–water partition coefficient (Wildman–Crippen LogP) is 2.00. The highest BCUT2D eigenvalue weighted by molar-refractivity contribution is 4.87. The monoisotopic (exact) mass is 240 g/mol. The topological polar surface area (TPSA) is 38.5 Å². The van der Waals surface area contributed by atoms with E-state index in [1.165, 1.54) is 45.1 Å². The van der Waals surface area contributed by atoms with Gasteiger partial charge in [-0.2, -0.15) is 0 Å². The number of nitrogens with zero attached hydrogens (tertiary/aromatic N) is 1. The van der Waals surface area contributed by atoms with E-state index in [-0.39, 0.29) is 0 Å². The minimum Gasteiger partial charge on any atom is -0.375 e. The first kappa shape index (κ1) is 13.3. The van der Waals surface area contributed by atoms with E-state index >= 15 is 0 Å². The number of fused-ring (bicyclic) bond motifs is 1. The van der Waals surface area contributed by atoms with Gasteiger partial charge in [0.25, 0.3) is 0 Å². The zero-order valence-electron chi connectivity index (χ0n) is 11.2. The molecule has 1 aliphatic carbocycles. The summed E-state index contributed by atoms with van der Waals surface area (Å²) in [5.74, 6) is 0.708. The van der Waals surface area contributed by atoms with Gasteiger partial charge in [0.05, 0.1) is 12.7 Å². The van der Waals surface area contributed by atoms with Gasteiger partial charge in [0.15, 0.2) is 0 Å². The fraction of sp³-hybridized carbons (Fsp3) is 1.00. The van der Waals surface area contributed by atoms with Gasteiger partial charge in [-0.3, -0.25) is 4.90 Å². The Morgan fingerprint density at radius 3 is 2.94 bits per heavy atom. The summed E-state index contributed by atoms with van der Waals surface area (Å²) in [7, 11) is 0. The summed E-state index contributed by atoms with van der Waals surface area (Å²) >= 11 is 0. The number of ether oxygens (including phenoxy) is 1. The van der Waals surface area contributed by atoms with Crippen LogP contribution in [-0.2, 0) is 4.74 Å². The first-order valence-electron chi connectivity index (χ1n) is 7.40. The van der Waals surface area contributed by atoms with Crippen molar-refractivity contribution in [2.45, 2.75) is 57.6 Å². The average molecular weight is 240 g/mol. The molecule has 1 aliphatic heterocycles. The van der Waals surface area contributed by atoms with Crippen molar-refractivity contribution in [2.24, 2.45) is 11.7 Å². The van der Waals surface area contributed by atoms with Gasteiger partial charge in [0.2, 0.25) is 0 Å². The second-order valence-electron chi connectivity index (χ2n) is 5.60. The van der Waals surface area contributed by atoms with Gasteiger partial charge in [-0.1, -0.05) is 26.2 Å². The summed E-state index contributed by atoms with van der Waals surface area (Å²) in [5.41, 5.74) is 5.79. The molecule has 0 aromatic rings. The van der Waals surface area contributed by atoms with Crippen molar-refractivity contribution < 1.29 is 4.74 Å². The molecular weight excluding hydrogens is 212 g/mol. The molecule has 3 nitrogen and oxygen atoms in total. The third-order valence-electron chi connectivity index (χ3n) is 4.58. The number of nitrogens with two attached hydrogens (primary N) is 1. The Labute approximate surface area is 106 Å². The van der Waals surface area contributed by atoms with E-state index in [0.717, 1.165) is 19.7 Å². The molecule has 3 atom stereocenters. The van der Waals surface area contributed by atoms with Crippen LogP contribution in [0.1, 0.15) is 45.4 Å². The number of hydrogen-bond acceptors (Lipinski definition) is 3. The largest absolute Gasteiger partial charge is 0.375 e. The second-order valence-corrected chi connectivity index (χ2v) is 5.60. The predicted molar refractivity (Wildman–Crippen MR) is 71.0 cm³/mol. The summed E-state index contributed by atoms with van der Waals surface area (Å²) in [6, 6.07) is 0.702. The summed E-state index contributed by atoms with van der Waals surface area (Å²) in [5, 5.41) is 0. The Morgan fingerprint density at radius 2 is 2.18 bits per heavy atom. The lowest BCUT2D eigenvalue weighted by molar-refractivity contribution is -0.0890. The minimum atomic E-state index is 0.524. The molecule has 2 N–H and O–H groups in total. The minimum absolute atomic E-state index is 0.524. The molecule has 3 heteroatoms. The molecule has 0 aromatic carbocycles. The number of morpholine rings is 1. The van der Waals surface area contributed by atoms with Crippen LogP contribution in [0, 0.1) is 5.92 Å². The molecule has 3 unspecified atom stereocenters. The van der Waals surface area contributed by atoms with Crippen LogP contribution < -0.4 is 5.73 Å². The molecule has 0 bridgehead atoms. The third-order valence-corrected chi connectivity index (χ3v) is 4.58. The van der Waals surface area contributed by atoms with Crippen LogP contribution in [-0.4, -0.2) is 43.3 Å². The Bertz CT molecular complexity index is 216. The lowest BCUT2D eigenvalue weighted by Crippen LogP contribution is -2.53. The molecule has 17 heavy (non-hydrogen) atoms. The first-order chi connectivity index (χ1) is 8.35. The molecular formula is C14H28N2O. The highest BCUT2D eigenvalue weighted by atomic mass is 16.5. The van der Waals surface area contributed by atoms with Gasteiger partial charge in [-0.05, 0) is 38.3 Å². The maximum atomic E-state index is 5.91. The van der Waals surface area contributed by atoms with E-state index in [4.69, 9.17) is 10.5 Å².